The molecule has 0 aliphatic carbocycles. The van der Waals surface area contributed by atoms with Crippen molar-refractivity contribution in [3.05, 3.63) is 66.0 Å². The molecule has 0 atom stereocenters. The standard InChI is InChI=1S/C24H31FN2O3/c1-23(2,16-19-8-4-3-5-9-19)26-22(28)17-27-14-12-24(29,13-15-27)18-30-21-11-7-6-10-20(21)25/h3-11,29H,12-18H2,1-2H3,(H,26,28). The molecule has 5 nitrogen and oxygen atoms in total. The van der Waals surface area contributed by atoms with Crippen molar-refractivity contribution < 1.29 is 19.0 Å². The summed E-state index contributed by atoms with van der Waals surface area (Å²) in [5.41, 5.74) is -0.176. The zero-order valence-corrected chi connectivity index (χ0v) is 17.7. The van der Waals surface area contributed by atoms with Crippen LogP contribution in [-0.2, 0) is 11.2 Å². The molecule has 1 aliphatic rings. The second kappa shape index (κ2) is 9.58. The van der Waals surface area contributed by atoms with Gasteiger partial charge in [0, 0.05) is 18.6 Å². The number of carbonyl (C=O) groups is 1. The van der Waals surface area contributed by atoms with E-state index in [1.165, 1.54) is 11.6 Å². The average Bonchev–Trinajstić information content (AvgIpc) is 2.69. The highest BCUT2D eigenvalue weighted by atomic mass is 19.1. The first kappa shape index (κ1) is 22.2. The lowest BCUT2D eigenvalue weighted by molar-refractivity contribution is -0.125. The van der Waals surface area contributed by atoms with Crippen LogP contribution in [0, 0.1) is 5.82 Å². The smallest absolute Gasteiger partial charge is 0.234 e. The molecule has 0 bridgehead atoms. The lowest BCUT2D eigenvalue weighted by Gasteiger charge is -2.38. The van der Waals surface area contributed by atoms with E-state index in [1.54, 1.807) is 18.2 Å². The maximum atomic E-state index is 13.7. The quantitative estimate of drug-likeness (QED) is 0.697. The first-order chi connectivity index (χ1) is 14.2. The van der Waals surface area contributed by atoms with E-state index in [-0.39, 0.29) is 23.8 Å². The molecule has 1 heterocycles. The number of halogens is 1. The summed E-state index contributed by atoms with van der Waals surface area (Å²) in [6.07, 6.45) is 1.71. The Morgan fingerprint density at radius 1 is 1.13 bits per heavy atom. The minimum absolute atomic E-state index is 0.0241. The van der Waals surface area contributed by atoms with Crippen LogP contribution in [0.2, 0.25) is 0 Å². The summed E-state index contributed by atoms with van der Waals surface area (Å²) in [6.45, 7) is 5.55. The molecule has 1 saturated heterocycles. The van der Waals surface area contributed by atoms with Gasteiger partial charge in [-0.15, -0.1) is 0 Å². The zero-order chi connectivity index (χ0) is 21.6. The number of rotatable bonds is 8. The van der Waals surface area contributed by atoms with Crippen molar-refractivity contribution in [2.75, 3.05) is 26.2 Å². The van der Waals surface area contributed by atoms with Crippen LogP contribution in [-0.4, -0.2) is 53.3 Å². The third-order valence-corrected chi connectivity index (χ3v) is 5.45. The molecule has 1 aliphatic heterocycles. The number of benzene rings is 2. The second-order valence-corrected chi connectivity index (χ2v) is 8.81. The average molecular weight is 415 g/mol. The van der Waals surface area contributed by atoms with Crippen LogP contribution in [0.5, 0.6) is 5.75 Å². The summed E-state index contributed by atoms with van der Waals surface area (Å²) >= 11 is 0. The number of ether oxygens (including phenoxy) is 1. The number of nitrogens with zero attached hydrogens (tertiary/aromatic N) is 1. The molecule has 2 aromatic carbocycles. The van der Waals surface area contributed by atoms with Crippen molar-refractivity contribution in [3.8, 4) is 5.75 Å². The zero-order valence-electron chi connectivity index (χ0n) is 17.7. The van der Waals surface area contributed by atoms with Gasteiger partial charge in [-0.3, -0.25) is 9.69 Å². The summed E-state index contributed by atoms with van der Waals surface area (Å²) in [5.74, 6) is -0.314. The normalized spacial score (nSPS) is 16.8. The Morgan fingerprint density at radius 2 is 1.77 bits per heavy atom. The number of amides is 1. The van der Waals surface area contributed by atoms with Crippen molar-refractivity contribution >= 4 is 5.91 Å². The van der Waals surface area contributed by atoms with Crippen LogP contribution in [0.1, 0.15) is 32.3 Å². The molecule has 3 rings (SSSR count). The van der Waals surface area contributed by atoms with E-state index in [2.05, 4.69) is 17.4 Å². The van der Waals surface area contributed by atoms with E-state index < -0.39 is 11.4 Å². The molecular weight excluding hydrogens is 383 g/mol. The van der Waals surface area contributed by atoms with Gasteiger partial charge in [-0.25, -0.2) is 4.39 Å². The molecule has 1 amide bonds. The van der Waals surface area contributed by atoms with Crippen LogP contribution in [0.3, 0.4) is 0 Å². The Hall–Kier alpha value is -2.44. The summed E-state index contributed by atoms with van der Waals surface area (Å²) in [7, 11) is 0. The molecule has 162 valence electrons. The topological polar surface area (TPSA) is 61.8 Å². The molecule has 6 heteroatoms. The number of hydrogen-bond donors (Lipinski definition) is 2. The van der Waals surface area contributed by atoms with Crippen LogP contribution in [0.4, 0.5) is 4.39 Å². The number of aliphatic hydroxyl groups is 1. The first-order valence-electron chi connectivity index (χ1n) is 10.4. The van der Waals surface area contributed by atoms with Gasteiger partial charge in [0.2, 0.25) is 5.91 Å². The van der Waals surface area contributed by atoms with Gasteiger partial charge in [-0.1, -0.05) is 42.5 Å². The summed E-state index contributed by atoms with van der Waals surface area (Å²) in [6, 6.07) is 16.3. The van der Waals surface area contributed by atoms with E-state index in [9.17, 15) is 14.3 Å². The van der Waals surface area contributed by atoms with Gasteiger partial charge in [0.25, 0.3) is 0 Å². The summed E-state index contributed by atoms with van der Waals surface area (Å²) in [4.78, 5) is 14.6. The Morgan fingerprint density at radius 3 is 2.43 bits per heavy atom. The maximum absolute atomic E-state index is 13.7. The van der Waals surface area contributed by atoms with Crippen molar-refractivity contribution in [2.45, 2.75) is 44.2 Å². The van der Waals surface area contributed by atoms with Gasteiger partial charge < -0.3 is 15.2 Å². The minimum atomic E-state index is -1.01. The monoisotopic (exact) mass is 414 g/mol. The van der Waals surface area contributed by atoms with Crippen LogP contribution < -0.4 is 10.1 Å². The predicted octanol–water partition coefficient (Wildman–Crippen LogP) is 3.17. The number of carbonyl (C=O) groups excluding carboxylic acids is 1. The lowest BCUT2D eigenvalue weighted by Crippen LogP contribution is -2.53. The van der Waals surface area contributed by atoms with E-state index in [4.69, 9.17) is 4.74 Å². The van der Waals surface area contributed by atoms with Gasteiger partial charge >= 0.3 is 0 Å². The van der Waals surface area contributed by atoms with Gasteiger partial charge in [0.1, 0.15) is 12.2 Å². The Balaban J connectivity index is 1.43. The van der Waals surface area contributed by atoms with Gasteiger partial charge in [0.05, 0.1) is 6.54 Å². The van der Waals surface area contributed by atoms with Gasteiger partial charge in [0.15, 0.2) is 11.6 Å². The van der Waals surface area contributed by atoms with E-state index >= 15 is 0 Å². The molecule has 0 unspecified atom stereocenters. The highest BCUT2D eigenvalue weighted by Crippen LogP contribution is 2.25. The van der Waals surface area contributed by atoms with E-state index in [0.29, 0.717) is 32.5 Å². The Labute approximate surface area is 177 Å². The molecule has 2 aromatic rings. The largest absolute Gasteiger partial charge is 0.488 e. The maximum Gasteiger partial charge on any atom is 0.234 e. The molecule has 30 heavy (non-hydrogen) atoms. The van der Waals surface area contributed by atoms with Crippen molar-refractivity contribution in [1.29, 1.82) is 0 Å². The van der Waals surface area contributed by atoms with Crippen LogP contribution in [0.15, 0.2) is 54.6 Å². The Bertz CT molecular complexity index is 833. The Kier molecular flexibility index (Phi) is 7.10. The van der Waals surface area contributed by atoms with E-state index in [0.717, 1.165) is 6.42 Å². The van der Waals surface area contributed by atoms with Crippen LogP contribution >= 0.6 is 0 Å². The fourth-order valence-electron chi connectivity index (χ4n) is 3.82. The van der Waals surface area contributed by atoms with Crippen molar-refractivity contribution in [2.24, 2.45) is 0 Å². The predicted molar refractivity (Wildman–Crippen MR) is 115 cm³/mol. The number of hydrogen-bond acceptors (Lipinski definition) is 4. The molecule has 0 saturated carbocycles. The number of piperidine rings is 1. The molecule has 0 radical (unpaired) electrons. The lowest BCUT2D eigenvalue weighted by atomic mass is 9.92. The molecule has 0 spiro atoms. The van der Waals surface area contributed by atoms with Gasteiger partial charge in [-0.05, 0) is 50.8 Å². The number of nitrogens with one attached hydrogen (secondary N) is 1. The third kappa shape index (κ3) is 6.54. The minimum Gasteiger partial charge on any atom is -0.488 e. The fraction of sp³-hybridized carbons (Fsp3) is 0.458. The number of para-hydroxylation sites is 1. The molecule has 2 N–H and O–H groups in total. The first-order valence-corrected chi connectivity index (χ1v) is 10.4. The van der Waals surface area contributed by atoms with Crippen molar-refractivity contribution in [1.82, 2.24) is 10.2 Å². The summed E-state index contributed by atoms with van der Waals surface area (Å²) in [5, 5.41) is 13.9. The number of likely N-dealkylation sites (tertiary alicyclic amines) is 1. The fourth-order valence-corrected chi connectivity index (χ4v) is 3.82. The van der Waals surface area contributed by atoms with E-state index in [1.807, 2.05) is 36.9 Å². The molecule has 1 fully saturated rings. The van der Waals surface area contributed by atoms with Gasteiger partial charge in [-0.2, -0.15) is 0 Å². The highest BCUT2D eigenvalue weighted by molar-refractivity contribution is 5.78. The van der Waals surface area contributed by atoms with Crippen molar-refractivity contribution in [3.63, 3.8) is 0 Å². The third-order valence-electron chi connectivity index (χ3n) is 5.45. The second-order valence-electron chi connectivity index (χ2n) is 8.81. The van der Waals surface area contributed by atoms with Crippen LogP contribution in [0.25, 0.3) is 0 Å². The SMILES string of the molecule is CC(C)(Cc1ccccc1)NC(=O)CN1CCC(O)(COc2ccccc2F)CC1. The molecule has 0 aromatic heterocycles. The molecular formula is C24H31FN2O3. The summed E-state index contributed by atoms with van der Waals surface area (Å²) < 4.78 is 19.2. The highest BCUT2D eigenvalue weighted by Gasteiger charge is 2.34.